The van der Waals surface area contributed by atoms with E-state index in [1.807, 2.05) is 37.3 Å². The quantitative estimate of drug-likeness (QED) is 0.472. The lowest BCUT2D eigenvalue weighted by Crippen LogP contribution is -2.60. The molecule has 0 bridgehead atoms. The molecule has 0 aromatic heterocycles. The zero-order valence-electron chi connectivity index (χ0n) is 20.6. The number of amides is 1. The van der Waals surface area contributed by atoms with Gasteiger partial charge in [0.2, 0.25) is 5.91 Å². The predicted octanol–water partition coefficient (Wildman–Crippen LogP) is 5.33. The maximum atomic E-state index is 13.6. The topological polar surface area (TPSA) is 35.6 Å². The zero-order chi connectivity index (χ0) is 26.8. The Morgan fingerprint density at radius 3 is 1.95 bits per heavy atom. The summed E-state index contributed by atoms with van der Waals surface area (Å²) in [5, 5.41) is 2.78. The lowest BCUT2D eigenvalue weighted by Gasteiger charge is -2.45. The molecule has 4 rings (SSSR count). The highest BCUT2D eigenvalue weighted by Gasteiger charge is 2.42. The predicted molar refractivity (Wildman–Crippen MR) is 128 cm³/mol. The molecule has 202 valence electrons. The van der Waals surface area contributed by atoms with Gasteiger partial charge in [0.25, 0.3) is 0 Å². The molecule has 10 heteroatoms. The fourth-order valence-electron chi connectivity index (χ4n) is 4.92. The molecule has 37 heavy (non-hydrogen) atoms. The van der Waals surface area contributed by atoms with E-state index >= 15 is 0 Å². The molecule has 2 fully saturated rings. The number of rotatable bonds is 8. The highest BCUT2D eigenvalue weighted by molar-refractivity contribution is 5.87. The highest BCUT2D eigenvalue weighted by atomic mass is 19.4. The van der Waals surface area contributed by atoms with Crippen LogP contribution in [0.1, 0.15) is 42.0 Å². The third-order valence-electron chi connectivity index (χ3n) is 7.34. The van der Waals surface area contributed by atoms with Crippen molar-refractivity contribution < 1.29 is 31.1 Å². The van der Waals surface area contributed by atoms with Gasteiger partial charge in [0, 0.05) is 39.3 Å². The Bertz CT molecular complexity index is 1040. The van der Waals surface area contributed by atoms with Gasteiger partial charge < -0.3 is 10.2 Å². The Morgan fingerprint density at radius 2 is 1.43 bits per heavy atom. The third kappa shape index (κ3) is 6.65. The fraction of sp³-hybridized carbons (Fsp3) is 0.519. The third-order valence-corrected chi connectivity index (χ3v) is 7.34. The first-order valence-electron chi connectivity index (χ1n) is 12.5. The normalized spacial score (nSPS) is 19.4. The van der Waals surface area contributed by atoms with Gasteiger partial charge >= 0.3 is 12.4 Å². The molecule has 2 aliphatic rings. The number of benzene rings is 2. The van der Waals surface area contributed by atoms with Crippen molar-refractivity contribution in [3.8, 4) is 0 Å². The average molecular weight is 528 g/mol. The van der Waals surface area contributed by atoms with Gasteiger partial charge in [-0.05, 0) is 61.4 Å². The van der Waals surface area contributed by atoms with Gasteiger partial charge in [-0.1, -0.05) is 30.3 Å². The molecule has 1 heterocycles. The van der Waals surface area contributed by atoms with E-state index in [9.17, 15) is 31.1 Å². The van der Waals surface area contributed by atoms with Crippen LogP contribution < -0.4 is 5.32 Å². The van der Waals surface area contributed by atoms with E-state index in [0.29, 0.717) is 25.2 Å². The largest absolute Gasteiger partial charge is 0.416 e. The zero-order valence-corrected chi connectivity index (χ0v) is 20.6. The monoisotopic (exact) mass is 527 g/mol. The van der Waals surface area contributed by atoms with Crippen LogP contribution in [0.5, 0.6) is 0 Å². The van der Waals surface area contributed by atoms with E-state index in [-0.39, 0.29) is 30.5 Å². The summed E-state index contributed by atoms with van der Waals surface area (Å²) in [4.78, 5) is 18.1. The molecule has 1 unspecified atom stereocenters. The molecule has 1 N–H and O–H groups in total. The van der Waals surface area contributed by atoms with Crippen LogP contribution in [-0.2, 0) is 29.1 Å². The minimum Gasteiger partial charge on any atom is -0.354 e. The summed E-state index contributed by atoms with van der Waals surface area (Å²) in [6.07, 6.45) is -7.46. The molecule has 0 spiro atoms. The number of carbonyl (C=O) groups excluding carboxylic acids is 1. The minimum absolute atomic E-state index is 0.0957. The number of hydrogen-bond donors (Lipinski definition) is 1. The Hall–Kier alpha value is -2.59. The molecule has 1 amide bonds. The van der Waals surface area contributed by atoms with Crippen LogP contribution in [0.25, 0.3) is 0 Å². The number of hydrogen-bond acceptors (Lipinski definition) is 3. The molecule has 0 radical (unpaired) electrons. The Morgan fingerprint density at radius 1 is 0.865 bits per heavy atom. The lowest BCUT2D eigenvalue weighted by atomic mass is 9.88. The molecular weight excluding hydrogens is 496 g/mol. The van der Waals surface area contributed by atoms with Crippen molar-refractivity contribution >= 4 is 5.91 Å². The van der Waals surface area contributed by atoms with Crippen molar-refractivity contribution in [2.45, 2.75) is 44.1 Å². The standard InChI is InChI=1S/C27H31F6N3O/c1-25(21-5-3-2-4-6-21,36-13-11-35(12-14-36)18-19-7-8-19)24(37)34-10-9-20-15-22(26(28,29)30)17-23(16-20)27(31,32)33/h2-6,15-17,19H,7-14,18H2,1H3,(H,34,37). The van der Waals surface area contributed by atoms with Crippen LogP contribution in [0.2, 0.25) is 0 Å². The number of carbonyl (C=O) groups is 1. The highest BCUT2D eigenvalue weighted by Crippen LogP contribution is 2.37. The SMILES string of the molecule is CC(C(=O)NCCc1cc(C(F)(F)F)cc(C(F)(F)F)c1)(c1ccccc1)N1CCN(CC2CC2)CC1. The number of alkyl halides is 6. The van der Waals surface area contributed by atoms with Crippen LogP contribution in [0.15, 0.2) is 48.5 Å². The van der Waals surface area contributed by atoms with E-state index in [1.54, 1.807) is 0 Å². The van der Waals surface area contributed by atoms with Gasteiger partial charge in [0.1, 0.15) is 5.54 Å². The minimum atomic E-state index is -4.91. The summed E-state index contributed by atoms with van der Waals surface area (Å²) >= 11 is 0. The summed E-state index contributed by atoms with van der Waals surface area (Å²) in [5.74, 6) is 0.432. The first-order chi connectivity index (χ1) is 17.4. The van der Waals surface area contributed by atoms with Crippen molar-refractivity contribution in [2.24, 2.45) is 5.92 Å². The molecular formula is C27H31F6N3O. The Balaban J connectivity index is 1.47. The number of nitrogens with zero attached hydrogens (tertiary/aromatic N) is 2. The molecule has 1 saturated carbocycles. The smallest absolute Gasteiger partial charge is 0.354 e. The van der Waals surface area contributed by atoms with Gasteiger partial charge in [-0.3, -0.25) is 9.69 Å². The van der Waals surface area contributed by atoms with Gasteiger partial charge in [0.15, 0.2) is 0 Å². The van der Waals surface area contributed by atoms with E-state index in [0.717, 1.165) is 31.1 Å². The van der Waals surface area contributed by atoms with Gasteiger partial charge in [-0.25, -0.2) is 0 Å². The second kappa shape index (κ2) is 10.6. The van der Waals surface area contributed by atoms with Crippen LogP contribution >= 0.6 is 0 Å². The first-order valence-corrected chi connectivity index (χ1v) is 12.5. The van der Waals surface area contributed by atoms with Crippen molar-refractivity contribution in [3.05, 3.63) is 70.8 Å². The van der Waals surface area contributed by atoms with Crippen molar-refractivity contribution in [1.29, 1.82) is 0 Å². The van der Waals surface area contributed by atoms with Gasteiger partial charge in [-0.2, -0.15) is 26.3 Å². The van der Waals surface area contributed by atoms with E-state index in [1.165, 1.54) is 12.8 Å². The number of nitrogens with one attached hydrogen (secondary N) is 1. The van der Waals surface area contributed by atoms with Crippen molar-refractivity contribution in [1.82, 2.24) is 15.1 Å². The van der Waals surface area contributed by atoms with E-state index in [2.05, 4.69) is 15.1 Å². The van der Waals surface area contributed by atoms with Gasteiger partial charge in [-0.15, -0.1) is 0 Å². The molecule has 4 nitrogen and oxygen atoms in total. The van der Waals surface area contributed by atoms with Crippen LogP contribution in [-0.4, -0.2) is 55.0 Å². The second-order valence-electron chi connectivity index (χ2n) is 10.1. The summed E-state index contributed by atoms with van der Waals surface area (Å²) in [6, 6.07) is 10.8. The van der Waals surface area contributed by atoms with Gasteiger partial charge in [0.05, 0.1) is 11.1 Å². The van der Waals surface area contributed by atoms with Crippen LogP contribution in [0, 0.1) is 5.92 Å². The molecule has 1 atom stereocenters. The molecule has 2 aromatic carbocycles. The second-order valence-corrected chi connectivity index (χ2v) is 10.1. The molecule has 1 aliphatic heterocycles. The van der Waals surface area contributed by atoms with Crippen molar-refractivity contribution in [2.75, 3.05) is 39.3 Å². The summed E-state index contributed by atoms with van der Waals surface area (Å²) < 4.78 is 79.1. The van der Waals surface area contributed by atoms with E-state index in [4.69, 9.17) is 0 Å². The maximum absolute atomic E-state index is 13.6. The number of piperazine rings is 1. The fourth-order valence-corrected chi connectivity index (χ4v) is 4.92. The van der Waals surface area contributed by atoms with E-state index < -0.39 is 29.0 Å². The summed E-state index contributed by atoms with van der Waals surface area (Å²) in [7, 11) is 0. The summed E-state index contributed by atoms with van der Waals surface area (Å²) in [6.45, 7) is 5.80. The average Bonchev–Trinajstić information content (AvgIpc) is 3.67. The Labute approximate surface area is 212 Å². The maximum Gasteiger partial charge on any atom is 0.416 e. The van der Waals surface area contributed by atoms with Crippen LogP contribution in [0.4, 0.5) is 26.3 Å². The first kappa shape index (κ1) is 27.4. The van der Waals surface area contributed by atoms with Crippen molar-refractivity contribution in [3.63, 3.8) is 0 Å². The summed E-state index contributed by atoms with van der Waals surface area (Å²) in [5.41, 5.74) is -3.11. The number of halogens is 6. The lowest BCUT2D eigenvalue weighted by molar-refractivity contribution is -0.143. The molecule has 1 saturated heterocycles. The molecule has 2 aromatic rings. The Kier molecular flexibility index (Phi) is 7.90. The van der Waals surface area contributed by atoms with Crippen LogP contribution in [0.3, 0.4) is 0 Å². The molecule has 1 aliphatic carbocycles.